The molecule has 1 amide bonds. The molecule has 0 radical (unpaired) electrons. The van der Waals surface area contributed by atoms with Crippen LogP contribution in [0.2, 0.25) is 0 Å². The van der Waals surface area contributed by atoms with E-state index in [9.17, 15) is 61.0 Å². The second kappa shape index (κ2) is 49.5. The van der Waals surface area contributed by atoms with Gasteiger partial charge in [0.15, 0.2) is 18.9 Å². The molecule has 0 aliphatic carbocycles. The predicted octanol–water partition coefficient (Wildman–Crippen LogP) is 8.72. The topological polar surface area (TPSA) is 307 Å². The largest absolute Gasteiger partial charge is 0.394 e. The lowest BCUT2D eigenvalue weighted by atomic mass is 9.96. The molecule has 3 fully saturated rings. The van der Waals surface area contributed by atoms with Crippen molar-refractivity contribution in [2.75, 3.05) is 26.4 Å². The summed E-state index contributed by atoms with van der Waals surface area (Å²) in [5, 5.41) is 121. The summed E-state index contributed by atoms with van der Waals surface area (Å²) in [5.74, 6) is -0.235. The summed E-state index contributed by atoms with van der Waals surface area (Å²) in [7, 11) is 0. The first-order valence-electron chi connectivity index (χ1n) is 34.8. The number of rotatable bonds is 54. The number of aliphatic hydroxyl groups is 11. The van der Waals surface area contributed by atoms with Crippen LogP contribution in [-0.4, -0.2) is 193 Å². The van der Waals surface area contributed by atoms with Crippen molar-refractivity contribution < 1.29 is 89.4 Å². The Morgan fingerprint density at radius 1 is 0.376 bits per heavy atom. The lowest BCUT2D eigenvalue weighted by molar-refractivity contribution is -0.379. The van der Waals surface area contributed by atoms with Crippen LogP contribution in [0.4, 0.5) is 0 Å². The molecule has 0 bridgehead atoms. The molecule has 0 spiro atoms. The molecule has 0 aromatic carbocycles. The van der Waals surface area contributed by atoms with Gasteiger partial charge in [-0.05, 0) is 12.8 Å². The molecule has 85 heavy (non-hydrogen) atoms. The van der Waals surface area contributed by atoms with Crippen LogP contribution >= 0.6 is 0 Å². The fourth-order valence-corrected chi connectivity index (χ4v) is 12.3. The molecule has 17 unspecified atom stereocenters. The third-order valence-corrected chi connectivity index (χ3v) is 17.9. The Kier molecular flexibility index (Phi) is 45.4. The van der Waals surface area contributed by atoms with Gasteiger partial charge in [0.25, 0.3) is 0 Å². The van der Waals surface area contributed by atoms with Crippen LogP contribution in [0.25, 0.3) is 0 Å². The van der Waals surface area contributed by atoms with Crippen LogP contribution < -0.4 is 5.32 Å². The van der Waals surface area contributed by atoms with E-state index in [1.807, 2.05) is 0 Å². The first kappa shape index (κ1) is 78.0. The molecular weight excluding hydrogens is 1090 g/mol. The third kappa shape index (κ3) is 32.1. The lowest BCUT2D eigenvalue weighted by Gasteiger charge is -2.48. The van der Waals surface area contributed by atoms with Crippen molar-refractivity contribution in [2.45, 2.75) is 388 Å². The second-order valence-electron chi connectivity index (χ2n) is 25.4. The van der Waals surface area contributed by atoms with E-state index in [0.717, 1.165) is 44.9 Å². The highest BCUT2D eigenvalue weighted by Crippen LogP contribution is 2.33. The summed E-state index contributed by atoms with van der Waals surface area (Å²) in [4.78, 5) is 13.4. The average molecular weight is 1220 g/mol. The van der Waals surface area contributed by atoms with Crippen LogP contribution in [0.5, 0.6) is 0 Å². The van der Waals surface area contributed by atoms with Crippen molar-refractivity contribution in [1.29, 1.82) is 0 Å². The first-order chi connectivity index (χ1) is 41.3. The van der Waals surface area contributed by atoms with Crippen LogP contribution in [-0.2, 0) is 33.2 Å². The standard InChI is InChI=1S/C66H127NO18/c1-3-5-7-9-11-13-15-17-19-21-23-24-26-28-30-32-34-36-38-40-42-44-54(72)67-49(50(71)43-41-39-37-35-33-31-29-27-25-22-20-18-16-14-12-10-8-6-4-2)48-80-64-60(78)57(75)62(52(46-69)82-64)85-66-61(79)58(76)63(53(47-70)83-66)84-65-59(77)56(74)55(73)51(45-68)81-65/h49-53,55-66,68-71,73-79H,3-48H2,1-2H3,(H,67,72). The minimum atomic E-state index is -1.97. The third-order valence-electron chi connectivity index (χ3n) is 17.9. The predicted molar refractivity (Wildman–Crippen MR) is 328 cm³/mol. The summed E-state index contributed by atoms with van der Waals surface area (Å²) in [6, 6.07) is -0.881. The molecule has 3 aliphatic heterocycles. The zero-order valence-corrected chi connectivity index (χ0v) is 53.1. The van der Waals surface area contributed by atoms with E-state index < -0.39 is 124 Å². The highest BCUT2D eigenvalue weighted by atomic mass is 16.8. The number of hydrogen-bond acceptors (Lipinski definition) is 18. The number of amides is 1. The van der Waals surface area contributed by atoms with Crippen LogP contribution in [0.1, 0.15) is 284 Å². The summed E-state index contributed by atoms with van der Waals surface area (Å²) in [6.07, 6.45) is 24.6. The normalized spacial score (nSPS) is 28.9. The Bertz CT molecular complexity index is 1550. The van der Waals surface area contributed by atoms with Gasteiger partial charge in [-0.2, -0.15) is 0 Å². The zero-order chi connectivity index (χ0) is 61.9. The van der Waals surface area contributed by atoms with Gasteiger partial charge in [-0.1, -0.05) is 264 Å². The Balaban J connectivity index is 1.43. The summed E-state index contributed by atoms with van der Waals surface area (Å²) in [6.45, 7) is 1.84. The van der Waals surface area contributed by atoms with Crippen molar-refractivity contribution in [3.63, 3.8) is 0 Å². The molecule has 0 aromatic rings. The number of aliphatic hydroxyl groups excluding tert-OH is 11. The van der Waals surface area contributed by atoms with E-state index in [1.54, 1.807) is 0 Å². The van der Waals surface area contributed by atoms with Gasteiger partial charge in [-0.3, -0.25) is 4.79 Å². The molecule has 19 heteroatoms. The van der Waals surface area contributed by atoms with E-state index in [1.165, 1.54) is 205 Å². The molecule has 17 atom stereocenters. The minimum absolute atomic E-state index is 0.235. The average Bonchev–Trinajstić information content (AvgIpc) is 3.10. The van der Waals surface area contributed by atoms with Crippen molar-refractivity contribution in [1.82, 2.24) is 5.32 Å². The highest BCUT2D eigenvalue weighted by molar-refractivity contribution is 5.76. The van der Waals surface area contributed by atoms with E-state index in [0.29, 0.717) is 12.8 Å². The van der Waals surface area contributed by atoms with Gasteiger partial charge in [0.2, 0.25) is 5.91 Å². The van der Waals surface area contributed by atoms with Gasteiger partial charge in [0.1, 0.15) is 73.2 Å². The number of unbranched alkanes of at least 4 members (excludes halogenated alkanes) is 38. The summed E-state index contributed by atoms with van der Waals surface area (Å²) in [5.41, 5.74) is 0. The maximum atomic E-state index is 13.4. The fourth-order valence-electron chi connectivity index (χ4n) is 12.3. The monoisotopic (exact) mass is 1220 g/mol. The second-order valence-corrected chi connectivity index (χ2v) is 25.4. The molecule has 3 rings (SSSR count). The van der Waals surface area contributed by atoms with Crippen LogP contribution in [0, 0.1) is 0 Å². The Hall–Kier alpha value is -1.21. The Morgan fingerprint density at radius 3 is 1.02 bits per heavy atom. The molecule has 3 saturated heterocycles. The molecule has 12 N–H and O–H groups in total. The highest BCUT2D eigenvalue weighted by Gasteiger charge is 2.53. The molecule has 0 saturated carbocycles. The molecule has 0 aromatic heterocycles. The molecule has 3 heterocycles. The van der Waals surface area contributed by atoms with Crippen molar-refractivity contribution in [3.8, 4) is 0 Å². The number of hydrogen-bond donors (Lipinski definition) is 12. The Labute approximate surface area is 513 Å². The fraction of sp³-hybridized carbons (Fsp3) is 0.985. The van der Waals surface area contributed by atoms with Gasteiger partial charge in [0.05, 0.1) is 38.6 Å². The van der Waals surface area contributed by atoms with Gasteiger partial charge in [0, 0.05) is 6.42 Å². The quantitative estimate of drug-likeness (QED) is 0.0253. The van der Waals surface area contributed by atoms with E-state index in [4.69, 9.17) is 28.4 Å². The smallest absolute Gasteiger partial charge is 0.220 e. The van der Waals surface area contributed by atoms with Crippen molar-refractivity contribution >= 4 is 5.91 Å². The van der Waals surface area contributed by atoms with E-state index in [2.05, 4.69) is 19.2 Å². The number of nitrogens with one attached hydrogen (secondary N) is 1. The molecule has 3 aliphatic rings. The number of carbonyl (C=O) groups is 1. The summed E-state index contributed by atoms with van der Waals surface area (Å²) >= 11 is 0. The van der Waals surface area contributed by atoms with Crippen LogP contribution in [0.3, 0.4) is 0 Å². The number of ether oxygens (including phenoxy) is 6. The van der Waals surface area contributed by atoms with Gasteiger partial charge in [-0.25, -0.2) is 0 Å². The van der Waals surface area contributed by atoms with E-state index >= 15 is 0 Å². The van der Waals surface area contributed by atoms with Gasteiger partial charge in [-0.15, -0.1) is 0 Å². The Morgan fingerprint density at radius 2 is 0.671 bits per heavy atom. The lowest BCUT2D eigenvalue weighted by Crippen LogP contribution is -2.66. The molecule has 19 nitrogen and oxygen atoms in total. The van der Waals surface area contributed by atoms with Crippen molar-refractivity contribution in [3.05, 3.63) is 0 Å². The van der Waals surface area contributed by atoms with Gasteiger partial charge >= 0.3 is 0 Å². The minimum Gasteiger partial charge on any atom is -0.394 e. The maximum Gasteiger partial charge on any atom is 0.220 e. The van der Waals surface area contributed by atoms with Crippen LogP contribution in [0.15, 0.2) is 0 Å². The summed E-state index contributed by atoms with van der Waals surface area (Å²) < 4.78 is 34.4. The van der Waals surface area contributed by atoms with Gasteiger partial charge < -0.3 is 89.9 Å². The van der Waals surface area contributed by atoms with Crippen molar-refractivity contribution in [2.24, 2.45) is 0 Å². The first-order valence-corrected chi connectivity index (χ1v) is 34.8. The molecular formula is C66H127NO18. The SMILES string of the molecule is CCCCCCCCCCCCCCCCCCCCCCCC(=O)NC(COC1OC(CO)C(OC2OC(CO)C(OC3OC(CO)C(O)C(O)C3O)C(O)C2O)C(O)C1O)C(O)CCCCCCCCCCCCCCCCCCCCC. The zero-order valence-electron chi connectivity index (χ0n) is 53.1. The van der Waals surface area contributed by atoms with E-state index in [-0.39, 0.29) is 18.9 Å². The maximum absolute atomic E-state index is 13.4. The molecule has 504 valence electrons. The number of carbonyl (C=O) groups excluding carboxylic acids is 1.